The Morgan fingerprint density at radius 2 is 1.54 bits per heavy atom. The van der Waals surface area contributed by atoms with Crippen LogP contribution in [0.2, 0.25) is 0 Å². The van der Waals surface area contributed by atoms with Crippen LogP contribution in [0.3, 0.4) is 0 Å². The minimum atomic E-state index is 0.708. The van der Waals surface area contributed by atoms with Crippen molar-refractivity contribution in [2.75, 3.05) is 0 Å². The Bertz CT molecular complexity index is 348. The first-order chi connectivity index (χ1) is 6.07. The van der Waals surface area contributed by atoms with Crippen molar-refractivity contribution in [1.29, 1.82) is 5.26 Å². The zero-order valence-corrected chi connectivity index (χ0v) is 8.43. The van der Waals surface area contributed by atoms with E-state index in [4.69, 9.17) is 10.00 Å². The molecule has 2 heteroatoms. The number of ether oxygens (including phenoxy) is 1. The highest BCUT2D eigenvalue weighted by molar-refractivity contribution is 5.49. The molecule has 0 N–H and O–H groups in total. The van der Waals surface area contributed by atoms with E-state index in [2.05, 4.69) is 6.07 Å². The summed E-state index contributed by atoms with van der Waals surface area (Å²) in [4.78, 5) is 0. The molecule has 0 aliphatic rings. The minimum absolute atomic E-state index is 0.708. The molecule has 0 radical (unpaired) electrons. The van der Waals surface area contributed by atoms with Crippen LogP contribution in [0.15, 0.2) is 6.07 Å². The summed E-state index contributed by atoms with van der Waals surface area (Å²) < 4.78 is 4.93. The highest BCUT2D eigenvalue weighted by atomic mass is 16.5. The van der Waals surface area contributed by atoms with Gasteiger partial charge in [0, 0.05) is 0 Å². The molecule has 0 heterocycles. The molecule has 2 nitrogen and oxygen atoms in total. The molecular weight excluding hydrogens is 162 g/mol. The van der Waals surface area contributed by atoms with Crippen molar-refractivity contribution in [2.24, 2.45) is 0 Å². The maximum Gasteiger partial charge on any atom is 0.292 e. The van der Waals surface area contributed by atoms with Gasteiger partial charge in [-0.1, -0.05) is 6.07 Å². The van der Waals surface area contributed by atoms with Crippen LogP contribution < -0.4 is 4.74 Å². The second-order valence-corrected chi connectivity index (χ2v) is 3.28. The number of rotatable bonds is 1. The summed E-state index contributed by atoms with van der Waals surface area (Å²) in [6, 6.07) is 2.11. The van der Waals surface area contributed by atoms with E-state index in [1.807, 2.05) is 27.7 Å². The van der Waals surface area contributed by atoms with Gasteiger partial charge in [0.05, 0.1) is 0 Å². The van der Waals surface area contributed by atoms with Crippen LogP contribution in [0.25, 0.3) is 0 Å². The second kappa shape index (κ2) is 3.49. The van der Waals surface area contributed by atoms with Gasteiger partial charge in [-0.15, -0.1) is 5.26 Å². The molecule has 0 saturated carbocycles. The van der Waals surface area contributed by atoms with Crippen molar-refractivity contribution in [1.82, 2.24) is 0 Å². The highest BCUT2D eigenvalue weighted by Gasteiger charge is 2.09. The van der Waals surface area contributed by atoms with E-state index >= 15 is 0 Å². The molecule has 1 aromatic rings. The van der Waals surface area contributed by atoms with Gasteiger partial charge in [0.25, 0.3) is 6.26 Å². The summed E-state index contributed by atoms with van der Waals surface area (Å²) in [5, 5.41) is 8.48. The van der Waals surface area contributed by atoms with Gasteiger partial charge in [0.1, 0.15) is 5.75 Å². The van der Waals surface area contributed by atoms with Crippen LogP contribution >= 0.6 is 0 Å². The summed E-state index contributed by atoms with van der Waals surface area (Å²) >= 11 is 0. The lowest BCUT2D eigenvalue weighted by Crippen LogP contribution is -1.95. The average molecular weight is 175 g/mol. The quantitative estimate of drug-likeness (QED) is 0.615. The van der Waals surface area contributed by atoms with Crippen molar-refractivity contribution in [2.45, 2.75) is 27.7 Å². The number of hydrogen-bond acceptors (Lipinski definition) is 2. The lowest BCUT2D eigenvalue weighted by Gasteiger charge is -2.11. The van der Waals surface area contributed by atoms with E-state index in [1.54, 1.807) is 6.26 Å². The molecule has 0 aliphatic carbocycles. The molecule has 0 spiro atoms. The fourth-order valence-corrected chi connectivity index (χ4v) is 1.38. The van der Waals surface area contributed by atoms with Crippen LogP contribution in [-0.4, -0.2) is 0 Å². The van der Waals surface area contributed by atoms with Crippen LogP contribution in [0.5, 0.6) is 5.75 Å². The molecule has 0 unspecified atom stereocenters. The predicted molar refractivity (Wildman–Crippen MR) is 51.6 cm³/mol. The van der Waals surface area contributed by atoms with Crippen LogP contribution in [0.1, 0.15) is 22.3 Å². The van der Waals surface area contributed by atoms with Gasteiger partial charge < -0.3 is 4.74 Å². The standard InChI is InChI=1S/C11H13NO/c1-7-5-8(2)10(4)11(9(7)3)13-6-12/h5H,1-4H3. The van der Waals surface area contributed by atoms with Crippen LogP contribution in [0.4, 0.5) is 0 Å². The smallest absolute Gasteiger partial charge is 0.292 e. The van der Waals surface area contributed by atoms with Gasteiger partial charge in [0.2, 0.25) is 0 Å². The van der Waals surface area contributed by atoms with E-state index < -0.39 is 0 Å². The van der Waals surface area contributed by atoms with Crippen LogP contribution in [0, 0.1) is 39.2 Å². The van der Waals surface area contributed by atoms with Crippen molar-refractivity contribution < 1.29 is 4.74 Å². The zero-order chi connectivity index (χ0) is 10.0. The Labute approximate surface area is 78.8 Å². The van der Waals surface area contributed by atoms with Gasteiger partial charge in [-0.3, -0.25) is 0 Å². The summed E-state index contributed by atoms with van der Waals surface area (Å²) in [7, 11) is 0. The Hall–Kier alpha value is -1.49. The normalized spacial score (nSPS) is 9.46. The third-order valence-corrected chi connectivity index (χ3v) is 2.44. The van der Waals surface area contributed by atoms with Crippen molar-refractivity contribution in [3.63, 3.8) is 0 Å². The summed E-state index contributed by atoms with van der Waals surface area (Å²) in [6.07, 6.45) is 1.72. The third kappa shape index (κ3) is 1.65. The van der Waals surface area contributed by atoms with E-state index in [-0.39, 0.29) is 0 Å². The number of nitrogens with zero attached hydrogens (tertiary/aromatic N) is 1. The largest absolute Gasteiger partial charge is 0.387 e. The van der Waals surface area contributed by atoms with Crippen molar-refractivity contribution in [3.8, 4) is 12.0 Å². The summed E-state index contributed by atoms with van der Waals surface area (Å²) in [6.45, 7) is 7.97. The second-order valence-electron chi connectivity index (χ2n) is 3.28. The van der Waals surface area contributed by atoms with E-state index in [9.17, 15) is 0 Å². The highest BCUT2D eigenvalue weighted by Crippen LogP contribution is 2.28. The summed E-state index contributed by atoms with van der Waals surface area (Å²) in [5.74, 6) is 0.708. The lowest BCUT2D eigenvalue weighted by atomic mass is 10.0. The molecule has 0 saturated heterocycles. The molecular formula is C11H13NO. The average Bonchev–Trinajstić information content (AvgIpc) is 2.09. The van der Waals surface area contributed by atoms with Gasteiger partial charge in [0.15, 0.2) is 0 Å². The van der Waals surface area contributed by atoms with E-state index in [0.717, 1.165) is 22.3 Å². The first kappa shape index (κ1) is 9.60. The molecule has 0 fully saturated rings. The number of hydrogen-bond donors (Lipinski definition) is 0. The predicted octanol–water partition coefficient (Wildman–Crippen LogP) is 2.78. The molecule has 0 aromatic heterocycles. The van der Waals surface area contributed by atoms with Gasteiger partial charge in [-0.05, 0) is 49.9 Å². The number of nitriles is 1. The molecule has 13 heavy (non-hydrogen) atoms. The zero-order valence-electron chi connectivity index (χ0n) is 8.43. The summed E-state index contributed by atoms with van der Waals surface area (Å²) in [5.41, 5.74) is 4.41. The first-order valence-corrected chi connectivity index (χ1v) is 4.21. The van der Waals surface area contributed by atoms with E-state index in [0.29, 0.717) is 5.75 Å². The molecule has 0 aliphatic heterocycles. The molecule has 1 aromatic carbocycles. The Kier molecular flexibility index (Phi) is 2.57. The number of aryl methyl sites for hydroxylation is 2. The number of benzene rings is 1. The van der Waals surface area contributed by atoms with Gasteiger partial charge in [-0.2, -0.15) is 0 Å². The fourth-order valence-electron chi connectivity index (χ4n) is 1.38. The maximum absolute atomic E-state index is 8.48. The van der Waals surface area contributed by atoms with Gasteiger partial charge in [-0.25, -0.2) is 0 Å². The molecule has 0 bridgehead atoms. The SMILES string of the molecule is Cc1cc(C)c(C)c(OC#N)c1C. The Balaban J connectivity index is 3.39. The Morgan fingerprint density at radius 1 is 1.08 bits per heavy atom. The maximum atomic E-state index is 8.48. The molecule has 0 atom stereocenters. The monoisotopic (exact) mass is 175 g/mol. The minimum Gasteiger partial charge on any atom is -0.387 e. The topological polar surface area (TPSA) is 33.0 Å². The molecule has 1 rings (SSSR count). The fraction of sp³-hybridized carbons (Fsp3) is 0.364. The lowest BCUT2D eigenvalue weighted by molar-refractivity contribution is 0.498. The first-order valence-electron chi connectivity index (χ1n) is 4.21. The Morgan fingerprint density at radius 3 is 1.92 bits per heavy atom. The van der Waals surface area contributed by atoms with Crippen molar-refractivity contribution in [3.05, 3.63) is 28.3 Å². The van der Waals surface area contributed by atoms with Gasteiger partial charge >= 0.3 is 0 Å². The molecule has 0 amide bonds. The van der Waals surface area contributed by atoms with E-state index in [1.165, 1.54) is 0 Å². The third-order valence-electron chi connectivity index (χ3n) is 2.44. The van der Waals surface area contributed by atoms with Crippen LogP contribution in [-0.2, 0) is 0 Å². The molecule has 68 valence electrons. The van der Waals surface area contributed by atoms with Crippen molar-refractivity contribution >= 4 is 0 Å².